The van der Waals surface area contributed by atoms with E-state index in [2.05, 4.69) is 26.5 Å². The minimum Gasteiger partial charge on any atom is -0.272 e. The lowest BCUT2D eigenvalue weighted by atomic mass is 10.1. The van der Waals surface area contributed by atoms with Crippen LogP contribution in [0.1, 0.15) is 11.1 Å². The van der Waals surface area contributed by atoms with Crippen LogP contribution in [0.5, 0.6) is 0 Å². The maximum atomic E-state index is 12.6. The number of halogens is 4. The van der Waals surface area contributed by atoms with E-state index in [-0.39, 0.29) is 5.69 Å². The van der Waals surface area contributed by atoms with Crippen molar-refractivity contribution < 1.29 is 18.1 Å². The van der Waals surface area contributed by atoms with E-state index in [9.17, 15) is 23.3 Å². The van der Waals surface area contributed by atoms with E-state index in [0.29, 0.717) is 6.07 Å². The first-order valence-electron chi connectivity index (χ1n) is 6.17. The number of anilines is 1. The van der Waals surface area contributed by atoms with Crippen LogP contribution in [0.15, 0.2) is 52.0 Å². The van der Waals surface area contributed by atoms with Crippen molar-refractivity contribution >= 4 is 33.5 Å². The second kappa shape index (κ2) is 6.78. The molecule has 0 radical (unpaired) electrons. The molecule has 0 aliphatic carbocycles. The molecule has 0 atom stereocenters. The fraction of sp³-hybridized carbons (Fsp3) is 0.0714. The van der Waals surface area contributed by atoms with E-state index in [1.165, 1.54) is 6.21 Å². The fourth-order valence-electron chi connectivity index (χ4n) is 1.68. The highest BCUT2D eigenvalue weighted by Crippen LogP contribution is 2.34. The Hall–Kier alpha value is -2.42. The summed E-state index contributed by atoms with van der Waals surface area (Å²) in [5.41, 5.74) is 1.18. The lowest BCUT2D eigenvalue weighted by Crippen LogP contribution is -2.06. The van der Waals surface area contributed by atoms with Gasteiger partial charge in [-0.25, -0.2) is 0 Å². The predicted molar refractivity (Wildman–Crippen MR) is 83.5 cm³/mol. The molecule has 0 saturated carbocycles. The summed E-state index contributed by atoms with van der Waals surface area (Å²) < 4.78 is 38.7. The monoisotopic (exact) mass is 387 g/mol. The van der Waals surface area contributed by atoms with Crippen molar-refractivity contribution in [3.05, 3.63) is 68.2 Å². The summed E-state index contributed by atoms with van der Waals surface area (Å²) in [5, 5.41) is 14.7. The SMILES string of the molecule is O=[N+]([O-])c1cc(C(F)(F)F)ccc1N/N=C\c1ccc(Br)cc1. The predicted octanol–water partition coefficient (Wildman–Crippen LogP) is 4.82. The van der Waals surface area contributed by atoms with Crippen LogP contribution in [0.3, 0.4) is 0 Å². The maximum absolute atomic E-state index is 12.6. The zero-order valence-corrected chi connectivity index (χ0v) is 12.9. The Morgan fingerprint density at radius 2 is 1.83 bits per heavy atom. The van der Waals surface area contributed by atoms with E-state index in [4.69, 9.17) is 0 Å². The average Bonchev–Trinajstić information content (AvgIpc) is 2.48. The molecule has 0 fully saturated rings. The Morgan fingerprint density at radius 3 is 2.39 bits per heavy atom. The van der Waals surface area contributed by atoms with Crippen molar-refractivity contribution in [3.63, 3.8) is 0 Å². The first-order valence-corrected chi connectivity index (χ1v) is 6.97. The topological polar surface area (TPSA) is 67.5 Å². The molecular weight excluding hydrogens is 379 g/mol. The number of hydrogen-bond acceptors (Lipinski definition) is 4. The Bertz CT molecular complexity index is 746. The van der Waals surface area contributed by atoms with Gasteiger partial charge in [0.15, 0.2) is 0 Å². The Balaban J connectivity index is 2.22. The van der Waals surface area contributed by atoms with Gasteiger partial charge in [-0.3, -0.25) is 15.5 Å². The van der Waals surface area contributed by atoms with E-state index in [0.717, 1.165) is 22.2 Å². The fourth-order valence-corrected chi connectivity index (χ4v) is 1.94. The maximum Gasteiger partial charge on any atom is 0.416 e. The molecule has 0 saturated heterocycles. The number of alkyl halides is 3. The number of nitro benzene ring substituents is 1. The summed E-state index contributed by atoms with van der Waals surface area (Å²) in [7, 11) is 0. The molecule has 0 bridgehead atoms. The molecule has 2 rings (SSSR count). The summed E-state index contributed by atoms with van der Waals surface area (Å²) in [6.45, 7) is 0. The molecule has 0 aliphatic rings. The van der Waals surface area contributed by atoms with Crippen molar-refractivity contribution in [1.82, 2.24) is 0 Å². The third-order valence-corrected chi connectivity index (χ3v) is 3.32. The highest BCUT2D eigenvalue weighted by Gasteiger charge is 2.33. The minimum atomic E-state index is -4.65. The molecule has 2 aromatic rings. The number of nitro groups is 1. The van der Waals surface area contributed by atoms with Gasteiger partial charge in [-0.05, 0) is 29.8 Å². The summed E-state index contributed by atoms with van der Waals surface area (Å²) in [6.07, 6.45) is -3.25. The van der Waals surface area contributed by atoms with Crippen LogP contribution in [0.4, 0.5) is 24.5 Å². The Kier molecular flexibility index (Phi) is 4.99. The van der Waals surface area contributed by atoms with E-state index >= 15 is 0 Å². The average molecular weight is 388 g/mol. The zero-order valence-electron chi connectivity index (χ0n) is 11.3. The van der Waals surface area contributed by atoms with Gasteiger partial charge in [0.2, 0.25) is 0 Å². The summed E-state index contributed by atoms with van der Waals surface area (Å²) >= 11 is 3.27. The van der Waals surface area contributed by atoms with Gasteiger partial charge in [-0.1, -0.05) is 28.1 Å². The number of benzene rings is 2. The Morgan fingerprint density at radius 1 is 1.17 bits per heavy atom. The van der Waals surface area contributed by atoms with Crippen LogP contribution < -0.4 is 5.43 Å². The molecule has 5 nitrogen and oxygen atoms in total. The molecule has 0 aliphatic heterocycles. The molecule has 0 heterocycles. The molecule has 0 unspecified atom stereocenters. The normalized spacial score (nSPS) is 11.7. The second-order valence-electron chi connectivity index (χ2n) is 4.41. The van der Waals surface area contributed by atoms with Crippen molar-refractivity contribution in [2.75, 3.05) is 5.43 Å². The van der Waals surface area contributed by atoms with E-state index < -0.39 is 22.4 Å². The van der Waals surface area contributed by atoms with Crippen molar-refractivity contribution in [1.29, 1.82) is 0 Å². The number of hydrogen-bond donors (Lipinski definition) is 1. The lowest BCUT2D eigenvalue weighted by Gasteiger charge is -2.08. The van der Waals surface area contributed by atoms with Crippen molar-refractivity contribution in [3.8, 4) is 0 Å². The van der Waals surface area contributed by atoms with Gasteiger partial charge in [0, 0.05) is 10.5 Å². The molecule has 0 spiro atoms. The number of rotatable bonds is 4. The summed E-state index contributed by atoms with van der Waals surface area (Å²) in [6, 6.07) is 9.25. The number of hydrazone groups is 1. The van der Waals surface area contributed by atoms with Crippen molar-refractivity contribution in [2.24, 2.45) is 5.10 Å². The smallest absolute Gasteiger partial charge is 0.272 e. The van der Waals surface area contributed by atoms with Crippen LogP contribution in [0.25, 0.3) is 0 Å². The highest BCUT2D eigenvalue weighted by atomic mass is 79.9. The molecule has 2 aromatic carbocycles. The standard InChI is InChI=1S/C14H9BrF3N3O2/c15-11-4-1-9(2-5-11)8-19-20-12-6-3-10(14(16,17)18)7-13(12)21(22)23/h1-8,20H/b19-8-. The van der Waals surface area contributed by atoms with Crippen LogP contribution in [0.2, 0.25) is 0 Å². The molecule has 0 amide bonds. The van der Waals surface area contributed by atoms with Gasteiger partial charge in [-0.15, -0.1) is 0 Å². The molecule has 23 heavy (non-hydrogen) atoms. The minimum absolute atomic E-state index is 0.128. The van der Waals surface area contributed by atoms with Gasteiger partial charge in [-0.2, -0.15) is 18.3 Å². The molecular formula is C14H9BrF3N3O2. The molecule has 120 valence electrons. The van der Waals surface area contributed by atoms with E-state index in [1.807, 2.05) is 0 Å². The van der Waals surface area contributed by atoms with Gasteiger partial charge >= 0.3 is 6.18 Å². The Labute approximate surface area is 137 Å². The first kappa shape index (κ1) is 16.9. The highest BCUT2D eigenvalue weighted by molar-refractivity contribution is 9.10. The first-order chi connectivity index (χ1) is 10.8. The third kappa shape index (κ3) is 4.52. The van der Waals surface area contributed by atoms with Gasteiger partial charge < -0.3 is 0 Å². The molecule has 1 N–H and O–H groups in total. The molecule has 0 aromatic heterocycles. The zero-order chi connectivity index (χ0) is 17.0. The van der Waals surface area contributed by atoms with E-state index in [1.54, 1.807) is 24.3 Å². The van der Waals surface area contributed by atoms with Crippen LogP contribution >= 0.6 is 15.9 Å². The van der Waals surface area contributed by atoms with Gasteiger partial charge in [0.25, 0.3) is 5.69 Å². The quantitative estimate of drug-likeness (QED) is 0.464. The largest absolute Gasteiger partial charge is 0.416 e. The number of nitrogens with one attached hydrogen (secondary N) is 1. The number of nitrogens with zero attached hydrogens (tertiary/aromatic N) is 2. The second-order valence-corrected chi connectivity index (χ2v) is 5.32. The van der Waals surface area contributed by atoms with Crippen molar-refractivity contribution in [2.45, 2.75) is 6.18 Å². The van der Waals surface area contributed by atoms with Crippen LogP contribution in [-0.2, 0) is 6.18 Å². The van der Waals surface area contributed by atoms with Crippen LogP contribution in [0, 0.1) is 10.1 Å². The summed E-state index contributed by atoms with van der Waals surface area (Å²) in [4.78, 5) is 10.0. The molecule has 9 heteroatoms. The van der Waals surface area contributed by atoms with Crippen LogP contribution in [-0.4, -0.2) is 11.1 Å². The third-order valence-electron chi connectivity index (χ3n) is 2.79. The lowest BCUT2D eigenvalue weighted by molar-refractivity contribution is -0.384. The van der Waals surface area contributed by atoms with Gasteiger partial charge in [0.1, 0.15) is 5.69 Å². The van der Waals surface area contributed by atoms with Gasteiger partial charge in [0.05, 0.1) is 16.7 Å². The summed E-state index contributed by atoms with van der Waals surface area (Å²) in [5.74, 6) is 0.